The molecule has 1 aromatic carbocycles. The highest BCUT2D eigenvalue weighted by Crippen LogP contribution is 2.24. The number of hydrogen-bond donors (Lipinski definition) is 2. The highest BCUT2D eigenvalue weighted by Gasteiger charge is 2.12. The Morgan fingerprint density at radius 3 is 2.33 bits per heavy atom. The van der Waals surface area contributed by atoms with Crippen molar-refractivity contribution < 1.29 is 9.52 Å². The summed E-state index contributed by atoms with van der Waals surface area (Å²) < 4.78 is 5.97. The average molecular weight is 350 g/mol. The van der Waals surface area contributed by atoms with Crippen molar-refractivity contribution in [1.82, 2.24) is 5.32 Å². The van der Waals surface area contributed by atoms with Gasteiger partial charge in [-0.15, -0.1) is 12.4 Å². The Labute approximate surface area is 150 Å². The van der Waals surface area contributed by atoms with E-state index in [4.69, 9.17) is 4.42 Å². The molecular formula is C20H28ClNO2. The van der Waals surface area contributed by atoms with Crippen LogP contribution in [0.15, 0.2) is 40.8 Å². The van der Waals surface area contributed by atoms with Gasteiger partial charge in [-0.25, -0.2) is 0 Å². The van der Waals surface area contributed by atoms with E-state index in [0.717, 1.165) is 29.2 Å². The van der Waals surface area contributed by atoms with E-state index in [2.05, 4.69) is 11.4 Å². The molecule has 0 aliphatic heterocycles. The van der Waals surface area contributed by atoms with Crippen LogP contribution >= 0.6 is 12.4 Å². The fraction of sp³-hybridized carbons (Fsp3) is 0.500. The van der Waals surface area contributed by atoms with E-state index in [1.807, 2.05) is 30.3 Å². The monoisotopic (exact) mass is 349 g/mol. The molecule has 3 nitrogen and oxygen atoms in total. The summed E-state index contributed by atoms with van der Waals surface area (Å²) in [6.45, 7) is 2.58. The molecule has 1 aliphatic carbocycles. The maximum absolute atomic E-state index is 9.57. The van der Waals surface area contributed by atoms with E-state index in [0.29, 0.717) is 6.04 Å². The summed E-state index contributed by atoms with van der Waals surface area (Å²) in [7, 11) is 0. The minimum absolute atomic E-state index is 0. The van der Waals surface area contributed by atoms with Crippen LogP contribution in [0.5, 0.6) is 0 Å². The van der Waals surface area contributed by atoms with Crippen LogP contribution in [0.1, 0.15) is 62.9 Å². The lowest BCUT2D eigenvalue weighted by atomic mass is 10.1. The van der Waals surface area contributed by atoms with Gasteiger partial charge in [0.25, 0.3) is 0 Å². The molecule has 1 saturated carbocycles. The molecule has 4 heteroatoms. The number of aliphatic hydroxyl groups excluding tert-OH is 1. The second-order valence-electron chi connectivity index (χ2n) is 6.63. The second kappa shape index (κ2) is 9.26. The van der Waals surface area contributed by atoms with Crippen molar-refractivity contribution in [2.45, 2.75) is 64.1 Å². The van der Waals surface area contributed by atoms with Crippen LogP contribution in [0.4, 0.5) is 0 Å². The third kappa shape index (κ3) is 5.10. The predicted molar refractivity (Wildman–Crippen MR) is 100 cm³/mol. The lowest BCUT2D eigenvalue weighted by molar-refractivity contribution is 0.199. The quantitative estimate of drug-likeness (QED) is 0.726. The Morgan fingerprint density at radius 2 is 1.71 bits per heavy atom. The van der Waals surface area contributed by atoms with Crippen molar-refractivity contribution in [3.63, 3.8) is 0 Å². The first-order valence-electron chi connectivity index (χ1n) is 8.83. The molecule has 2 N–H and O–H groups in total. The molecule has 132 valence electrons. The van der Waals surface area contributed by atoms with Crippen molar-refractivity contribution in [2.75, 3.05) is 0 Å². The molecule has 0 saturated heterocycles. The number of aliphatic hydroxyl groups is 1. The Bertz CT molecular complexity index is 598. The maximum atomic E-state index is 9.57. The van der Waals surface area contributed by atoms with Crippen LogP contribution < -0.4 is 5.32 Å². The molecule has 0 spiro atoms. The standard InChI is InChI=1S/C20H27NO2.ClH/c1-15(22)16-8-10-17(11-9-16)20-13-12-19(23-20)14-21-18-6-4-2-3-5-7-18;/h8-13,15,18,21-22H,2-7,14H2,1H3;1H. The van der Waals surface area contributed by atoms with Gasteiger partial charge in [0.05, 0.1) is 12.6 Å². The first-order chi connectivity index (χ1) is 11.2. The Morgan fingerprint density at radius 1 is 1.04 bits per heavy atom. The van der Waals surface area contributed by atoms with Gasteiger partial charge < -0.3 is 14.8 Å². The topological polar surface area (TPSA) is 45.4 Å². The number of furan rings is 1. The largest absolute Gasteiger partial charge is 0.460 e. The first-order valence-corrected chi connectivity index (χ1v) is 8.83. The van der Waals surface area contributed by atoms with Gasteiger partial charge in [-0.3, -0.25) is 0 Å². The zero-order chi connectivity index (χ0) is 16.1. The molecule has 1 aromatic heterocycles. The zero-order valence-corrected chi connectivity index (χ0v) is 15.1. The van der Waals surface area contributed by atoms with E-state index in [9.17, 15) is 5.11 Å². The van der Waals surface area contributed by atoms with Crippen LogP contribution in [-0.2, 0) is 6.54 Å². The summed E-state index contributed by atoms with van der Waals surface area (Å²) in [6, 6.07) is 12.6. The average Bonchev–Trinajstić information content (AvgIpc) is 2.88. The van der Waals surface area contributed by atoms with Crippen LogP contribution in [0.2, 0.25) is 0 Å². The predicted octanol–water partition coefficient (Wildman–Crippen LogP) is 5.23. The van der Waals surface area contributed by atoms with Crippen molar-refractivity contribution in [3.8, 4) is 11.3 Å². The van der Waals surface area contributed by atoms with Gasteiger partial charge in [0, 0.05) is 11.6 Å². The van der Waals surface area contributed by atoms with Crippen LogP contribution in [0.3, 0.4) is 0 Å². The van der Waals surface area contributed by atoms with E-state index in [1.165, 1.54) is 38.5 Å². The van der Waals surface area contributed by atoms with E-state index >= 15 is 0 Å². The van der Waals surface area contributed by atoms with Crippen molar-refractivity contribution in [1.29, 1.82) is 0 Å². The molecule has 3 rings (SSSR count). The molecule has 24 heavy (non-hydrogen) atoms. The van der Waals surface area contributed by atoms with Crippen LogP contribution in [0, 0.1) is 0 Å². The lowest BCUT2D eigenvalue weighted by Gasteiger charge is -2.14. The normalized spacial score (nSPS) is 17.1. The second-order valence-corrected chi connectivity index (χ2v) is 6.63. The number of halogens is 1. The van der Waals surface area contributed by atoms with E-state index in [1.54, 1.807) is 6.92 Å². The summed E-state index contributed by atoms with van der Waals surface area (Å²) in [5.74, 6) is 1.88. The third-order valence-corrected chi connectivity index (χ3v) is 4.76. The van der Waals surface area contributed by atoms with Gasteiger partial charge in [0.15, 0.2) is 0 Å². The molecule has 2 aromatic rings. The van der Waals surface area contributed by atoms with Gasteiger partial charge in [-0.05, 0) is 37.5 Å². The van der Waals surface area contributed by atoms with E-state index in [-0.39, 0.29) is 12.4 Å². The fourth-order valence-electron chi connectivity index (χ4n) is 3.28. The minimum Gasteiger partial charge on any atom is -0.460 e. The van der Waals surface area contributed by atoms with Crippen LogP contribution in [-0.4, -0.2) is 11.1 Å². The van der Waals surface area contributed by atoms with Gasteiger partial charge in [0.2, 0.25) is 0 Å². The van der Waals surface area contributed by atoms with Gasteiger partial charge >= 0.3 is 0 Å². The van der Waals surface area contributed by atoms with Crippen molar-refractivity contribution in [2.24, 2.45) is 0 Å². The minimum atomic E-state index is -0.431. The molecule has 0 radical (unpaired) electrons. The zero-order valence-electron chi connectivity index (χ0n) is 14.3. The number of hydrogen-bond acceptors (Lipinski definition) is 3. The summed E-state index contributed by atoms with van der Waals surface area (Å²) in [6.07, 6.45) is 7.59. The maximum Gasteiger partial charge on any atom is 0.134 e. The number of rotatable bonds is 5. The first kappa shape index (κ1) is 19.0. The number of nitrogens with one attached hydrogen (secondary N) is 1. The SMILES string of the molecule is CC(O)c1ccc(-c2ccc(CNC3CCCCCC3)o2)cc1.Cl. The Hall–Kier alpha value is -1.29. The molecule has 0 bridgehead atoms. The molecule has 1 aliphatic rings. The Balaban J connectivity index is 0.00000208. The number of benzene rings is 1. The highest BCUT2D eigenvalue weighted by atomic mass is 35.5. The fourth-order valence-corrected chi connectivity index (χ4v) is 3.28. The molecule has 1 fully saturated rings. The van der Waals surface area contributed by atoms with Crippen molar-refractivity contribution in [3.05, 3.63) is 47.7 Å². The Kier molecular flexibility index (Phi) is 7.35. The molecule has 1 heterocycles. The third-order valence-electron chi connectivity index (χ3n) is 4.76. The smallest absolute Gasteiger partial charge is 0.134 e. The van der Waals surface area contributed by atoms with Gasteiger partial charge in [-0.1, -0.05) is 49.9 Å². The van der Waals surface area contributed by atoms with Crippen LogP contribution in [0.25, 0.3) is 11.3 Å². The summed E-state index contributed by atoms with van der Waals surface area (Å²) >= 11 is 0. The summed E-state index contributed by atoms with van der Waals surface area (Å²) in [5.41, 5.74) is 1.98. The summed E-state index contributed by atoms with van der Waals surface area (Å²) in [5, 5.41) is 13.2. The molecule has 1 atom stereocenters. The van der Waals surface area contributed by atoms with E-state index < -0.39 is 6.10 Å². The highest BCUT2D eigenvalue weighted by molar-refractivity contribution is 5.85. The molecule has 0 amide bonds. The lowest BCUT2D eigenvalue weighted by Crippen LogP contribution is -2.27. The molecular weight excluding hydrogens is 322 g/mol. The van der Waals surface area contributed by atoms with Crippen molar-refractivity contribution >= 4 is 12.4 Å². The summed E-state index contributed by atoms with van der Waals surface area (Å²) in [4.78, 5) is 0. The molecule has 1 unspecified atom stereocenters. The van der Waals surface area contributed by atoms with Gasteiger partial charge in [0.1, 0.15) is 11.5 Å². The van der Waals surface area contributed by atoms with Gasteiger partial charge in [-0.2, -0.15) is 0 Å².